The third-order valence-corrected chi connectivity index (χ3v) is 2.73. The minimum absolute atomic E-state index is 0.0583. The van der Waals surface area contributed by atoms with Gasteiger partial charge in [-0.2, -0.15) is 0 Å². The van der Waals surface area contributed by atoms with Crippen LogP contribution in [-0.4, -0.2) is 53.2 Å². The van der Waals surface area contributed by atoms with E-state index in [1.54, 1.807) is 24.3 Å². The van der Waals surface area contributed by atoms with Gasteiger partial charge in [0.2, 0.25) is 0 Å². The molecule has 0 unspecified atom stereocenters. The van der Waals surface area contributed by atoms with Crippen LogP contribution >= 0.6 is 0 Å². The first-order chi connectivity index (χ1) is 9.02. The van der Waals surface area contributed by atoms with Crippen molar-refractivity contribution in [1.82, 2.24) is 9.96 Å². The number of fused-ring (bicyclic) bond motifs is 1. The molecule has 1 heterocycles. The molecule has 0 saturated heterocycles. The summed E-state index contributed by atoms with van der Waals surface area (Å²) >= 11 is 0. The third kappa shape index (κ3) is 2.41. The fourth-order valence-corrected chi connectivity index (χ4v) is 1.65. The molecule has 1 aliphatic rings. The van der Waals surface area contributed by atoms with E-state index in [-0.39, 0.29) is 13.2 Å². The van der Waals surface area contributed by atoms with Crippen molar-refractivity contribution in [3.8, 4) is 0 Å². The molecule has 2 rings (SSSR count). The van der Waals surface area contributed by atoms with E-state index < -0.39 is 17.9 Å². The SMILES string of the molecule is CN(CCON1C(=O)c2ccccc2C1=O)C(=O)O. The maximum atomic E-state index is 11.9. The van der Waals surface area contributed by atoms with Gasteiger partial charge in [-0.05, 0) is 12.1 Å². The van der Waals surface area contributed by atoms with Gasteiger partial charge >= 0.3 is 6.09 Å². The maximum Gasteiger partial charge on any atom is 0.407 e. The van der Waals surface area contributed by atoms with Crippen LogP contribution < -0.4 is 0 Å². The monoisotopic (exact) mass is 264 g/mol. The molecule has 7 heteroatoms. The van der Waals surface area contributed by atoms with Crippen molar-refractivity contribution < 1.29 is 24.3 Å². The Hall–Kier alpha value is -2.41. The zero-order chi connectivity index (χ0) is 14.0. The van der Waals surface area contributed by atoms with Crippen LogP contribution in [0.25, 0.3) is 0 Å². The van der Waals surface area contributed by atoms with Crippen molar-refractivity contribution in [3.05, 3.63) is 35.4 Å². The minimum Gasteiger partial charge on any atom is -0.465 e. The molecule has 0 spiro atoms. The van der Waals surface area contributed by atoms with Crippen LogP contribution in [0.3, 0.4) is 0 Å². The van der Waals surface area contributed by atoms with Gasteiger partial charge in [-0.1, -0.05) is 12.1 Å². The van der Waals surface area contributed by atoms with E-state index in [0.29, 0.717) is 16.2 Å². The van der Waals surface area contributed by atoms with Gasteiger partial charge in [0.15, 0.2) is 0 Å². The number of likely N-dealkylation sites (N-methyl/N-ethyl adjacent to an activating group) is 1. The number of hydrogen-bond acceptors (Lipinski definition) is 4. The highest BCUT2D eigenvalue weighted by atomic mass is 16.7. The number of carboxylic acid groups (broad SMARTS) is 1. The van der Waals surface area contributed by atoms with Gasteiger partial charge in [-0.25, -0.2) is 4.79 Å². The first kappa shape index (κ1) is 13.0. The Morgan fingerprint density at radius 3 is 2.26 bits per heavy atom. The van der Waals surface area contributed by atoms with Gasteiger partial charge in [-0.3, -0.25) is 14.4 Å². The molecule has 0 bridgehead atoms. The van der Waals surface area contributed by atoms with Crippen molar-refractivity contribution in [2.24, 2.45) is 0 Å². The quantitative estimate of drug-likeness (QED) is 0.814. The molecule has 100 valence electrons. The number of benzene rings is 1. The van der Waals surface area contributed by atoms with Crippen LogP contribution in [0, 0.1) is 0 Å². The summed E-state index contributed by atoms with van der Waals surface area (Å²) in [5, 5.41) is 9.31. The van der Waals surface area contributed by atoms with Gasteiger partial charge in [0.25, 0.3) is 11.8 Å². The fraction of sp³-hybridized carbons (Fsp3) is 0.250. The predicted molar refractivity (Wildman–Crippen MR) is 63.5 cm³/mol. The Morgan fingerprint density at radius 2 is 1.79 bits per heavy atom. The van der Waals surface area contributed by atoms with Crippen LogP contribution in [-0.2, 0) is 4.84 Å². The Kier molecular flexibility index (Phi) is 3.48. The molecule has 0 saturated carbocycles. The van der Waals surface area contributed by atoms with Gasteiger partial charge in [0, 0.05) is 13.6 Å². The number of carbonyl (C=O) groups is 3. The molecule has 7 nitrogen and oxygen atoms in total. The van der Waals surface area contributed by atoms with Gasteiger partial charge < -0.3 is 10.0 Å². The average molecular weight is 264 g/mol. The van der Waals surface area contributed by atoms with E-state index in [4.69, 9.17) is 9.94 Å². The van der Waals surface area contributed by atoms with Gasteiger partial charge in [0.05, 0.1) is 17.7 Å². The molecule has 1 aliphatic heterocycles. The van der Waals surface area contributed by atoms with Crippen LogP contribution in [0.15, 0.2) is 24.3 Å². The number of nitrogens with zero attached hydrogens (tertiary/aromatic N) is 2. The molecule has 0 aromatic heterocycles. The van der Waals surface area contributed by atoms with E-state index >= 15 is 0 Å². The highest BCUT2D eigenvalue weighted by Gasteiger charge is 2.36. The Morgan fingerprint density at radius 1 is 1.26 bits per heavy atom. The van der Waals surface area contributed by atoms with Crippen LogP contribution in [0.1, 0.15) is 20.7 Å². The number of rotatable bonds is 4. The lowest BCUT2D eigenvalue weighted by Crippen LogP contribution is -2.35. The second-order valence-corrected chi connectivity index (χ2v) is 3.99. The first-order valence-electron chi connectivity index (χ1n) is 5.57. The standard InChI is InChI=1S/C12H12N2O5/c1-13(12(17)18)6-7-19-14-10(15)8-4-2-3-5-9(8)11(14)16/h2-5H,6-7H2,1H3,(H,17,18). The van der Waals surface area contributed by atoms with Crippen molar-refractivity contribution in [2.75, 3.05) is 20.2 Å². The number of carbonyl (C=O) groups excluding carboxylic acids is 2. The van der Waals surface area contributed by atoms with Crippen molar-refractivity contribution in [1.29, 1.82) is 0 Å². The van der Waals surface area contributed by atoms with Crippen LogP contribution in [0.2, 0.25) is 0 Å². The summed E-state index contributed by atoms with van der Waals surface area (Å²) < 4.78 is 0. The average Bonchev–Trinajstić information content (AvgIpc) is 2.64. The third-order valence-electron chi connectivity index (χ3n) is 2.73. The Labute approximate surface area is 108 Å². The minimum atomic E-state index is -1.11. The zero-order valence-corrected chi connectivity index (χ0v) is 10.2. The summed E-state index contributed by atoms with van der Waals surface area (Å²) in [5.74, 6) is -1.06. The fourth-order valence-electron chi connectivity index (χ4n) is 1.65. The molecular weight excluding hydrogens is 252 g/mol. The molecule has 1 aromatic rings. The van der Waals surface area contributed by atoms with E-state index in [0.717, 1.165) is 4.90 Å². The summed E-state index contributed by atoms with van der Waals surface area (Å²) in [6.07, 6.45) is -1.11. The number of hydrogen-bond donors (Lipinski definition) is 1. The normalized spacial score (nSPS) is 13.6. The van der Waals surface area contributed by atoms with Crippen molar-refractivity contribution >= 4 is 17.9 Å². The van der Waals surface area contributed by atoms with Gasteiger partial charge in [-0.15, -0.1) is 5.06 Å². The molecule has 0 atom stereocenters. The first-order valence-corrected chi connectivity index (χ1v) is 5.57. The van der Waals surface area contributed by atoms with E-state index in [9.17, 15) is 14.4 Å². The smallest absolute Gasteiger partial charge is 0.407 e. The number of imide groups is 1. The lowest BCUT2D eigenvalue weighted by Gasteiger charge is -2.16. The molecule has 0 aliphatic carbocycles. The Bertz CT molecular complexity index is 508. The molecule has 3 amide bonds. The van der Waals surface area contributed by atoms with E-state index in [1.165, 1.54) is 7.05 Å². The summed E-state index contributed by atoms with van der Waals surface area (Å²) in [6.45, 7) is -0.0169. The molecule has 1 N–H and O–H groups in total. The molecule has 0 radical (unpaired) electrons. The lowest BCUT2D eigenvalue weighted by atomic mass is 10.1. The molecule has 0 fully saturated rings. The maximum absolute atomic E-state index is 11.9. The molecule has 1 aromatic carbocycles. The van der Waals surface area contributed by atoms with Crippen LogP contribution in [0.5, 0.6) is 0 Å². The summed E-state index contributed by atoms with van der Waals surface area (Å²) in [7, 11) is 1.37. The summed E-state index contributed by atoms with van der Waals surface area (Å²) in [4.78, 5) is 40.3. The highest BCUT2D eigenvalue weighted by Crippen LogP contribution is 2.22. The second kappa shape index (κ2) is 5.07. The van der Waals surface area contributed by atoms with E-state index in [1.807, 2.05) is 0 Å². The number of hydroxylamine groups is 2. The van der Waals surface area contributed by atoms with Crippen molar-refractivity contribution in [3.63, 3.8) is 0 Å². The van der Waals surface area contributed by atoms with Crippen molar-refractivity contribution in [2.45, 2.75) is 0 Å². The summed E-state index contributed by atoms with van der Waals surface area (Å²) in [5.41, 5.74) is 0.582. The molecule has 19 heavy (non-hydrogen) atoms. The predicted octanol–water partition coefficient (Wildman–Crippen LogP) is 0.824. The lowest BCUT2D eigenvalue weighted by molar-refractivity contribution is -0.0935. The molecular formula is C12H12N2O5. The number of amides is 3. The van der Waals surface area contributed by atoms with E-state index in [2.05, 4.69) is 0 Å². The Balaban J connectivity index is 1.99. The highest BCUT2D eigenvalue weighted by molar-refractivity contribution is 6.20. The second-order valence-electron chi connectivity index (χ2n) is 3.99. The van der Waals surface area contributed by atoms with Crippen LogP contribution in [0.4, 0.5) is 4.79 Å². The zero-order valence-electron chi connectivity index (χ0n) is 10.2. The summed E-state index contributed by atoms with van der Waals surface area (Å²) in [6, 6.07) is 6.40. The topological polar surface area (TPSA) is 87.2 Å². The van der Waals surface area contributed by atoms with Gasteiger partial charge in [0.1, 0.15) is 0 Å². The largest absolute Gasteiger partial charge is 0.465 e.